The third kappa shape index (κ3) is 4.81. The number of carbonyl (C=O) groups excluding carboxylic acids is 1. The summed E-state index contributed by atoms with van der Waals surface area (Å²) >= 11 is 0. The van der Waals surface area contributed by atoms with E-state index in [-0.39, 0.29) is 6.03 Å². The van der Waals surface area contributed by atoms with Crippen LogP contribution in [0.25, 0.3) is 0 Å². The highest BCUT2D eigenvalue weighted by Crippen LogP contribution is 2.17. The van der Waals surface area contributed by atoms with Gasteiger partial charge < -0.3 is 15.5 Å². The fourth-order valence-electron chi connectivity index (χ4n) is 2.14. The number of nitrogens with zero attached hydrogens (tertiary/aromatic N) is 1. The zero-order valence-corrected chi connectivity index (χ0v) is 13.2. The second-order valence-electron chi connectivity index (χ2n) is 5.27. The van der Waals surface area contributed by atoms with Crippen LogP contribution in [0.3, 0.4) is 0 Å². The zero-order valence-electron chi connectivity index (χ0n) is 13.2. The van der Waals surface area contributed by atoms with E-state index in [0.29, 0.717) is 0 Å². The van der Waals surface area contributed by atoms with Gasteiger partial charge >= 0.3 is 6.03 Å². The van der Waals surface area contributed by atoms with E-state index in [0.717, 1.165) is 23.6 Å². The van der Waals surface area contributed by atoms with Gasteiger partial charge in [0.25, 0.3) is 0 Å². The van der Waals surface area contributed by atoms with Gasteiger partial charge in [-0.2, -0.15) is 0 Å². The van der Waals surface area contributed by atoms with E-state index in [1.54, 1.807) is 0 Å². The SMILES string of the molecule is CCCCN(C)c1ccc(NC(=O)Nc2ccccc2)cc1. The molecule has 116 valence electrons. The van der Waals surface area contributed by atoms with Crippen molar-refractivity contribution in [3.63, 3.8) is 0 Å². The molecule has 0 spiro atoms. The van der Waals surface area contributed by atoms with E-state index in [9.17, 15) is 4.79 Å². The summed E-state index contributed by atoms with van der Waals surface area (Å²) < 4.78 is 0. The molecule has 0 heterocycles. The Bertz CT molecular complexity index is 581. The molecule has 0 fully saturated rings. The highest BCUT2D eigenvalue weighted by atomic mass is 16.2. The maximum absolute atomic E-state index is 11.9. The standard InChI is InChI=1S/C18H23N3O/c1-3-4-14-21(2)17-12-10-16(11-13-17)20-18(22)19-15-8-6-5-7-9-15/h5-13H,3-4,14H2,1-2H3,(H2,19,20,22). The van der Waals surface area contributed by atoms with Gasteiger partial charge in [0.15, 0.2) is 0 Å². The predicted molar refractivity (Wildman–Crippen MR) is 93.7 cm³/mol. The van der Waals surface area contributed by atoms with Crippen LogP contribution in [0, 0.1) is 0 Å². The van der Waals surface area contributed by atoms with Crippen LogP contribution in [0.5, 0.6) is 0 Å². The molecular weight excluding hydrogens is 274 g/mol. The normalized spacial score (nSPS) is 10.1. The van der Waals surface area contributed by atoms with Crippen LogP contribution < -0.4 is 15.5 Å². The maximum Gasteiger partial charge on any atom is 0.323 e. The molecule has 2 aromatic rings. The summed E-state index contributed by atoms with van der Waals surface area (Å²) in [6, 6.07) is 17.0. The molecule has 2 aromatic carbocycles. The number of para-hydroxylation sites is 1. The zero-order chi connectivity index (χ0) is 15.8. The summed E-state index contributed by atoms with van der Waals surface area (Å²) in [4.78, 5) is 14.1. The molecule has 0 aliphatic heterocycles. The molecule has 2 amide bonds. The molecule has 0 aromatic heterocycles. The number of hydrogen-bond acceptors (Lipinski definition) is 2. The van der Waals surface area contributed by atoms with Gasteiger partial charge in [0.1, 0.15) is 0 Å². The van der Waals surface area contributed by atoms with E-state index in [4.69, 9.17) is 0 Å². The molecule has 0 bridgehead atoms. The lowest BCUT2D eigenvalue weighted by atomic mass is 10.2. The van der Waals surface area contributed by atoms with Crippen LogP contribution in [-0.2, 0) is 0 Å². The molecule has 0 radical (unpaired) electrons. The van der Waals surface area contributed by atoms with E-state index >= 15 is 0 Å². The summed E-state index contributed by atoms with van der Waals surface area (Å²) in [6.45, 7) is 3.23. The first-order chi connectivity index (χ1) is 10.7. The Morgan fingerprint density at radius 1 is 0.955 bits per heavy atom. The second-order valence-corrected chi connectivity index (χ2v) is 5.27. The maximum atomic E-state index is 11.9. The summed E-state index contributed by atoms with van der Waals surface area (Å²) in [5.74, 6) is 0. The summed E-state index contributed by atoms with van der Waals surface area (Å²) in [5, 5.41) is 5.63. The van der Waals surface area contributed by atoms with Crippen LogP contribution >= 0.6 is 0 Å². The molecule has 2 rings (SSSR count). The van der Waals surface area contributed by atoms with Crippen molar-refractivity contribution in [2.24, 2.45) is 0 Å². The average Bonchev–Trinajstić information content (AvgIpc) is 2.54. The van der Waals surface area contributed by atoms with Crippen molar-refractivity contribution in [1.82, 2.24) is 0 Å². The van der Waals surface area contributed by atoms with Gasteiger partial charge in [-0.05, 0) is 42.8 Å². The van der Waals surface area contributed by atoms with Crippen molar-refractivity contribution < 1.29 is 4.79 Å². The van der Waals surface area contributed by atoms with Crippen molar-refractivity contribution in [1.29, 1.82) is 0 Å². The first kappa shape index (κ1) is 15.9. The third-order valence-corrected chi connectivity index (χ3v) is 3.44. The van der Waals surface area contributed by atoms with Gasteiger partial charge in [-0.25, -0.2) is 4.79 Å². The molecule has 0 unspecified atom stereocenters. The Labute approximate surface area is 132 Å². The molecular formula is C18H23N3O. The Hall–Kier alpha value is -2.49. The smallest absolute Gasteiger partial charge is 0.323 e. The van der Waals surface area contributed by atoms with Crippen molar-refractivity contribution in [2.45, 2.75) is 19.8 Å². The van der Waals surface area contributed by atoms with Crippen molar-refractivity contribution >= 4 is 23.1 Å². The van der Waals surface area contributed by atoms with Crippen LogP contribution in [0.1, 0.15) is 19.8 Å². The largest absolute Gasteiger partial charge is 0.375 e. The van der Waals surface area contributed by atoms with Gasteiger partial charge in [0, 0.05) is 30.7 Å². The van der Waals surface area contributed by atoms with Gasteiger partial charge in [0.05, 0.1) is 0 Å². The number of unbranched alkanes of at least 4 members (excludes halogenated alkanes) is 1. The minimum Gasteiger partial charge on any atom is -0.375 e. The highest BCUT2D eigenvalue weighted by molar-refractivity contribution is 5.99. The summed E-state index contributed by atoms with van der Waals surface area (Å²) in [6.07, 6.45) is 2.36. The lowest BCUT2D eigenvalue weighted by Gasteiger charge is -2.19. The molecule has 4 nitrogen and oxygen atoms in total. The van der Waals surface area contributed by atoms with Crippen LogP contribution in [0.4, 0.5) is 21.9 Å². The summed E-state index contributed by atoms with van der Waals surface area (Å²) in [5.41, 5.74) is 2.71. The fourth-order valence-corrected chi connectivity index (χ4v) is 2.14. The molecule has 0 atom stereocenters. The number of hydrogen-bond donors (Lipinski definition) is 2. The Balaban J connectivity index is 1.89. The Kier molecular flexibility index (Phi) is 5.83. The monoisotopic (exact) mass is 297 g/mol. The summed E-state index contributed by atoms with van der Waals surface area (Å²) in [7, 11) is 2.08. The first-order valence-corrected chi connectivity index (χ1v) is 7.63. The lowest BCUT2D eigenvalue weighted by molar-refractivity contribution is 0.262. The number of amides is 2. The number of anilines is 3. The van der Waals surface area contributed by atoms with Crippen LogP contribution in [0.2, 0.25) is 0 Å². The molecule has 22 heavy (non-hydrogen) atoms. The van der Waals surface area contributed by atoms with Gasteiger partial charge in [0.2, 0.25) is 0 Å². The topological polar surface area (TPSA) is 44.4 Å². The quantitative estimate of drug-likeness (QED) is 0.820. The molecule has 2 N–H and O–H groups in total. The first-order valence-electron chi connectivity index (χ1n) is 7.63. The van der Waals surface area contributed by atoms with Gasteiger partial charge in [-0.15, -0.1) is 0 Å². The minimum atomic E-state index is -0.238. The number of urea groups is 1. The van der Waals surface area contributed by atoms with E-state index < -0.39 is 0 Å². The van der Waals surface area contributed by atoms with Crippen molar-refractivity contribution in [2.75, 3.05) is 29.1 Å². The van der Waals surface area contributed by atoms with Crippen LogP contribution in [0.15, 0.2) is 54.6 Å². The number of benzene rings is 2. The number of carbonyl (C=O) groups is 1. The van der Waals surface area contributed by atoms with Crippen LogP contribution in [-0.4, -0.2) is 19.6 Å². The molecule has 4 heteroatoms. The van der Waals surface area contributed by atoms with Gasteiger partial charge in [-0.1, -0.05) is 31.5 Å². The van der Waals surface area contributed by atoms with Gasteiger partial charge in [-0.3, -0.25) is 0 Å². The predicted octanol–water partition coefficient (Wildman–Crippen LogP) is 4.57. The molecule has 0 aliphatic rings. The number of nitrogens with one attached hydrogen (secondary N) is 2. The van der Waals surface area contributed by atoms with Crippen molar-refractivity contribution in [3.8, 4) is 0 Å². The van der Waals surface area contributed by atoms with E-state index in [1.165, 1.54) is 12.8 Å². The second kappa shape index (κ2) is 8.08. The van der Waals surface area contributed by atoms with Crippen molar-refractivity contribution in [3.05, 3.63) is 54.6 Å². The number of rotatable bonds is 6. The third-order valence-electron chi connectivity index (χ3n) is 3.44. The van der Waals surface area contributed by atoms with E-state index in [1.807, 2.05) is 54.6 Å². The minimum absolute atomic E-state index is 0.238. The average molecular weight is 297 g/mol. The highest BCUT2D eigenvalue weighted by Gasteiger charge is 2.04. The molecule has 0 aliphatic carbocycles. The van der Waals surface area contributed by atoms with E-state index in [2.05, 4.69) is 29.5 Å². The fraction of sp³-hybridized carbons (Fsp3) is 0.278. The lowest BCUT2D eigenvalue weighted by Crippen LogP contribution is -2.20. The molecule has 0 saturated carbocycles. The Morgan fingerprint density at radius 3 is 2.14 bits per heavy atom. The molecule has 0 saturated heterocycles. The Morgan fingerprint density at radius 2 is 1.55 bits per heavy atom.